The molecule has 280 valence electrons. The molecular weight excluding hydrogens is 719 g/mol. The highest BCUT2D eigenvalue weighted by atomic mass is 16.3. The lowest BCUT2D eigenvalue weighted by atomic mass is 9.82. The van der Waals surface area contributed by atoms with E-state index in [0.29, 0.717) is 5.82 Å². The van der Waals surface area contributed by atoms with Crippen molar-refractivity contribution >= 4 is 39.0 Å². The third kappa shape index (κ3) is 5.92. The maximum atomic E-state index is 6.75. The molecule has 1 aliphatic rings. The minimum Gasteiger partial charge on any atom is -0.456 e. The van der Waals surface area contributed by atoms with E-state index in [1.165, 1.54) is 27.8 Å². The molecule has 2 heterocycles. The van der Waals surface area contributed by atoms with Gasteiger partial charge in [-0.2, -0.15) is 0 Å². The lowest BCUT2D eigenvalue weighted by Crippen LogP contribution is -2.16. The standard InChI is InChI=1S/C55H39N3O/c1-55(2)46-24-14-12-22-43(46)44-31-30-42(34-47(44)55)58(41-28-26-37(27-29-41)36-16-6-3-7-17-36)50-32-40(33-52-53(50)45-23-13-15-25-51(45)59-52)54-56-48(38-18-8-4-9-19-38)35-49(57-54)39-20-10-5-11-21-39/h3-35H,1-2H3. The Balaban J connectivity index is 1.18. The fourth-order valence-electron chi connectivity index (χ4n) is 8.92. The van der Waals surface area contributed by atoms with E-state index in [2.05, 4.69) is 195 Å². The molecule has 4 heteroatoms. The number of furan rings is 1. The van der Waals surface area contributed by atoms with E-state index in [0.717, 1.165) is 72.6 Å². The minimum absolute atomic E-state index is 0.177. The quantitative estimate of drug-likeness (QED) is 0.162. The van der Waals surface area contributed by atoms with Gasteiger partial charge in [0.25, 0.3) is 0 Å². The van der Waals surface area contributed by atoms with Crippen molar-refractivity contribution in [2.24, 2.45) is 0 Å². The van der Waals surface area contributed by atoms with Crippen molar-refractivity contribution in [1.82, 2.24) is 9.97 Å². The van der Waals surface area contributed by atoms with Crippen LogP contribution in [0.4, 0.5) is 17.1 Å². The number of hydrogen-bond acceptors (Lipinski definition) is 4. The van der Waals surface area contributed by atoms with Gasteiger partial charge in [0.2, 0.25) is 0 Å². The summed E-state index contributed by atoms with van der Waals surface area (Å²) in [5.41, 5.74) is 16.7. The molecule has 11 rings (SSSR count). The van der Waals surface area contributed by atoms with Crippen molar-refractivity contribution in [3.05, 3.63) is 211 Å². The summed E-state index contributed by atoms with van der Waals surface area (Å²) in [5.74, 6) is 0.624. The fourth-order valence-corrected chi connectivity index (χ4v) is 8.92. The molecule has 0 saturated heterocycles. The molecule has 8 aromatic carbocycles. The lowest BCUT2D eigenvalue weighted by Gasteiger charge is -2.29. The summed E-state index contributed by atoms with van der Waals surface area (Å²) in [4.78, 5) is 12.9. The first kappa shape index (κ1) is 34.7. The number of nitrogens with zero attached hydrogens (tertiary/aromatic N) is 3. The molecule has 1 aliphatic carbocycles. The third-order valence-electron chi connectivity index (χ3n) is 11.9. The third-order valence-corrected chi connectivity index (χ3v) is 11.9. The molecule has 10 aromatic rings. The van der Waals surface area contributed by atoms with Gasteiger partial charge in [0.15, 0.2) is 5.82 Å². The molecule has 4 nitrogen and oxygen atoms in total. The zero-order valence-corrected chi connectivity index (χ0v) is 32.8. The average Bonchev–Trinajstić information content (AvgIpc) is 3.79. The predicted molar refractivity (Wildman–Crippen MR) is 243 cm³/mol. The van der Waals surface area contributed by atoms with Crippen LogP contribution in [0, 0.1) is 0 Å². The van der Waals surface area contributed by atoms with Gasteiger partial charge in [-0.3, -0.25) is 0 Å². The van der Waals surface area contributed by atoms with Crippen molar-refractivity contribution in [3.63, 3.8) is 0 Å². The highest BCUT2D eigenvalue weighted by Gasteiger charge is 2.36. The number of benzene rings is 8. The van der Waals surface area contributed by atoms with E-state index in [1.807, 2.05) is 24.3 Å². The predicted octanol–water partition coefficient (Wildman–Crippen LogP) is 14.8. The zero-order chi connectivity index (χ0) is 39.5. The van der Waals surface area contributed by atoms with Gasteiger partial charge in [0.1, 0.15) is 11.2 Å². The second-order valence-electron chi connectivity index (χ2n) is 15.8. The molecule has 0 amide bonds. The zero-order valence-electron chi connectivity index (χ0n) is 32.8. The van der Waals surface area contributed by atoms with Crippen LogP contribution in [0.3, 0.4) is 0 Å². The number of rotatable bonds is 7. The van der Waals surface area contributed by atoms with Crippen molar-refractivity contribution in [1.29, 1.82) is 0 Å². The van der Waals surface area contributed by atoms with Crippen LogP contribution in [0.5, 0.6) is 0 Å². The Labute approximate surface area is 343 Å². The Morgan fingerprint density at radius 1 is 0.424 bits per heavy atom. The van der Waals surface area contributed by atoms with E-state index in [-0.39, 0.29) is 5.41 Å². The summed E-state index contributed by atoms with van der Waals surface area (Å²) in [6.07, 6.45) is 0. The van der Waals surface area contributed by atoms with Crippen LogP contribution in [0.25, 0.3) is 78.1 Å². The van der Waals surface area contributed by atoms with Crippen molar-refractivity contribution < 1.29 is 4.42 Å². The summed E-state index contributed by atoms with van der Waals surface area (Å²) in [6, 6.07) is 70.7. The van der Waals surface area contributed by atoms with Gasteiger partial charge < -0.3 is 9.32 Å². The van der Waals surface area contributed by atoms with Crippen LogP contribution in [0.15, 0.2) is 205 Å². The van der Waals surface area contributed by atoms with E-state index >= 15 is 0 Å². The number of aromatic nitrogens is 2. The average molecular weight is 758 g/mol. The van der Waals surface area contributed by atoms with Gasteiger partial charge in [-0.05, 0) is 81.9 Å². The maximum Gasteiger partial charge on any atom is 0.160 e. The van der Waals surface area contributed by atoms with Crippen molar-refractivity contribution in [2.75, 3.05) is 4.90 Å². The number of hydrogen-bond donors (Lipinski definition) is 0. The van der Waals surface area contributed by atoms with E-state index in [1.54, 1.807) is 0 Å². The van der Waals surface area contributed by atoms with Gasteiger partial charge in [0.05, 0.1) is 22.5 Å². The molecular formula is C55H39N3O. The summed E-state index contributed by atoms with van der Waals surface area (Å²) >= 11 is 0. The SMILES string of the molecule is CC1(C)c2ccccc2-c2ccc(N(c3ccc(-c4ccccc4)cc3)c3cc(-c4nc(-c5ccccc5)cc(-c5ccccc5)n4)cc4oc5ccccc5c34)cc21. The smallest absolute Gasteiger partial charge is 0.160 e. The highest BCUT2D eigenvalue weighted by molar-refractivity contribution is 6.14. The molecule has 0 fully saturated rings. The second-order valence-corrected chi connectivity index (χ2v) is 15.8. The van der Waals surface area contributed by atoms with Crippen molar-refractivity contribution in [3.8, 4) is 56.2 Å². The maximum absolute atomic E-state index is 6.75. The normalized spacial score (nSPS) is 12.7. The van der Waals surface area contributed by atoms with Gasteiger partial charge in [-0.25, -0.2) is 9.97 Å². The molecule has 0 N–H and O–H groups in total. The van der Waals surface area contributed by atoms with E-state index in [4.69, 9.17) is 14.4 Å². The molecule has 0 unspecified atom stereocenters. The highest BCUT2D eigenvalue weighted by Crippen LogP contribution is 2.52. The molecule has 0 radical (unpaired) electrons. The van der Waals surface area contributed by atoms with Crippen LogP contribution >= 0.6 is 0 Å². The fraction of sp³-hybridized carbons (Fsp3) is 0.0545. The van der Waals surface area contributed by atoms with Crippen LogP contribution < -0.4 is 4.90 Å². The molecule has 0 atom stereocenters. The molecule has 0 saturated carbocycles. The Kier molecular flexibility index (Phi) is 8.12. The van der Waals surface area contributed by atoms with Crippen LogP contribution in [-0.2, 0) is 5.41 Å². The monoisotopic (exact) mass is 757 g/mol. The molecule has 2 aromatic heterocycles. The van der Waals surface area contributed by atoms with Crippen LogP contribution in [-0.4, -0.2) is 9.97 Å². The summed E-state index contributed by atoms with van der Waals surface area (Å²) in [7, 11) is 0. The Morgan fingerprint density at radius 3 is 1.68 bits per heavy atom. The molecule has 0 aliphatic heterocycles. The minimum atomic E-state index is -0.177. The summed E-state index contributed by atoms with van der Waals surface area (Å²) in [5, 5.41) is 2.08. The van der Waals surface area contributed by atoms with E-state index in [9.17, 15) is 0 Å². The molecule has 0 spiro atoms. The summed E-state index contributed by atoms with van der Waals surface area (Å²) in [6.45, 7) is 4.68. The van der Waals surface area contributed by atoms with Crippen LogP contribution in [0.1, 0.15) is 25.0 Å². The number of para-hydroxylation sites is 1. The van der Waals surface area contributed by atoms with E-state index < -0.39 is 0 Å². The first-order valence-corrected chi connectivity index (χ1v) is 20.2. The Hall–Kier alpha value is -7.56. The summed E-state index contributed by atoms with van der Waals surface area (Å²) < 4.78 is 6.75. The molecule has 0 bridgehead atoms. The van der Waals surface area contributed by atoms with Gasteiger partial charge in [0, 0.05) is 38.9 Å². The first-order chi connectivity index (χ1) is 29.0. The topological polar surface area (TPSA) is 42.2 Å². The molecule has 59 heavy (non-hydrogen) atoms. The van der Waals surface area contributed by atoms with Crippen molar-refractivity contribution in [2.45, 2.75) is 19.3 Å². The number of fused-ring (bicyclic) bond motifs is 6. The van der Waals surface area contributed by atoms with Crippen LogP contribution in [0.2, 0.25) is 0 Å². The Morgan fingerprint density at radius 2 is 0.983 bits per heavy atom. The lowest BCUT2D eigenvalue weighted by molar-refractivity contribution is 0.660. The van der Waals surface area contributed by atoms with Gasteiger partial charge >= 0.3 is 0 Å². The number of anilines is 3. The second kappa shape index (κ2) is 13.8. The van der Waals surface area contributed by atoms with Gasteiger partial charge in [-0.1, -0.05) is 166 Å². The Bertz CT molecular complexity index is 3110. The van der Waals surface area contributed by atoms with Gasteiger partial charge in [-0.15, -0.1) is 0 Å². The first-order valence-electron chi connectivity index (χ1n) is 20.2. The largest absolute Gasteiger partial charge is 0.456 e.